The second kappa shape index (κ2) is 7.82. The maximum Gasteiger partial charge on any atom is 0.274 e. The number of para-hydroxylation sites is 1. The van der Waals surface area contributed by atoms with Gasteiger partial charge in [-0.1, -0.05) is 35.9 Å². The van der Waals surface area contributed by atoms with E-state index < -0.39 is 38.1 Å². The van der Waals surface area contributed by atoms with Gasteiger partial charge in [-0.3, -0.25) is 14.5 Å². The molecule has 3 aromatic rings. The van der Waals surface area contributed by atoms with Crippen LogP contribution in [-0.4, -0.2) is 33.1 Å². The van der Waals surface area contributed by atoms with Crippen LogP contribution >= 0.6 is 11.6 Å². The SMILES string of the molecule is COc1ccc(N2C(=O)CS(=O)(=O)[C@]23C(=O)N(Cc2c(F)cccc2Cl)c2ccccc23)cc1. The Hall–Kier alpha value is -3.43. The summed E-state index contributed by atoms with van der Waals surface area (Å²) < 4.78 is 46.9. The van der Waals surface area contributed by atoms with Crippen molar-refractivity contribution in [3.8, 4) is 5.75 Å². The Morgan fingerprint density at radius 3 is 2.41 bits per heavy atom. The van der Waals surface area contributed by atoms with Crippen molar-refractivity contribution in [2.24, 2.45) is 0 Å². The Balaban J connectivity index is 1.73. The predicted octanol–water partition coefficient (Wildman–Crippen LogP) is 3.65. The van der Waals surface area contributed by atoms with Gasteiger partial charge in [0.25, 0.3) is 10.8 Å². The molecule has 174 valence electrons. The average Bonchev–Trinajstić information content (AvgIpc) is 3.18. The number of carbonyl (C=O) groups is 2. The monoisotopic (exact) mass is 500 g/mol. The summed E-state index contributed by atoms with van der Waals surface area (Å²) in [5, 5.41) is 0.101. The maximum absolute atomic E-state index is 14.6. The number of methoxy groups -OCH3 is 1. The first-order valence-electron chi connectivity index (χ1n) is 10.3. The van der Waals surface area contributed by atoms with Gasteiger partial charge in [-0.25, -0.2) is 12.8 Å². The van der Waals surface area contributed by atoms with Gasteiger partial charge in [-0.05, 0) is 42.5 Å². The van der Waals surface area contributed by atoms with Crippen molar-refractivity contribution in [2.75, 3.05) is 22.7 Å². The summed E-state index contributed by atoms with van der Waals surface area (Å²) in [7, 11) is -2.85. The third kappa shape index (κ3) is 2.97. The number of carbonyl (C=O) groups excluding carboxylic acids is 2. The van der Waals surface area contributed by atoms with Gasteiger partial charge in [0.05, 0.1) is 19.3 Å². The van der Waals surface area contributed by atoms with Crippen LogP contribution in [0.1, 0.15) is 11.1 Å². The number of amides is 2. The topological polar surface area (TPSA) is 84.0 Å². The summed E-state index contributed by atoms with van der Waals surface area (Å²) in [6, 6.07) is 16.6. The summed E-state index contributed by atoms with van der Waals surface area (Å²) in [6.07, 6.45) is 0. The Morgan fingerprint density at radius 2 is 1.74 bits per heavy atom. The third-order valence-corrected chi connectivity index (χ3v) is 8.59. The normalized spacial score (nSPS) is 20.8. The van der Waals surface area contributed by atoms with Crippen molar-refractivity contribution in [3.05, 3.63) is 88.7 Å². The number of hydrogen-bond donors (Lipinski definition) is 0. The summed E-state index contributed by atoms with van der Waals surface area (Å²) >= 11 is 6.19. The first-order valence-corrected chi connectivity index (χ1v) is 12.3. The van der Waals surface area contributed by atoms with Gasteiger partial charge < -0.3 is 9.64 Å². The van der Waals surface area contributed by atoms with E-state index in [4.69, 9.17) is 16.3 Å². The number of sulfone groups is 1. The molecule has 5 rings (SSSR count). The number of rotatable bonds is 4. The lowest BCUT2D eigenvalue weighted by molar-refractivity contribution is -0.123. The average molecular weight is 501 g/mol. The van der Waals surface area contributed by atoms with Crippen molar-refractivity contribution in [1.29, 1.82) is 0 Å². The third-order valence-electron chi connectivity index (χ3n) is 6.13. The highest BCUT2D eigenvalue weighted by Gasteiger charge is 2.69. The second-order valence-electron chi connectivity index (χ2n) is 7.94. The minimum Gasteiger partial charge on any atom is -0.497 e. The fourth-order valence-electron chi connectivity index (χ4n) is 4.62. The van der Waals surface area contributed by atoms with E-state index >= 15 is 0 Å². The van der Waals surface area contributed by atoms with Crippen molar-refractivity contribution in [2.45, 2.75) is 11.4 Å². The molecule has 0 N–H and O–H groups in total. The van der Waals surface area contributed by atoms with E-state index in [0.29, 0.717) is 5.75 Å². The Labute approximate surface area is 200 Å². The molecule has 7 nitrogen and oxygen atoms in total. The van der Waals surface area contributed by atoms with Crippen LogP contribution in [0.3, 0.4) is 0 Å². The van der Waals surface area contributed by atoms with Crippen LogP contribution in [0.2, 0.25) is 5.02 Å². The van der Waals surface area contributed by atoms with E-state index in [-0.39, 0.29) is 34.1 Å². The maximum atomic E-state index is 14.6. The molecular formula is C24H18ClFN2O5S. The van der Waals surface area contributed by atoms with E-state index in [2.05, 4.69) is 0 Å². The van der Waals surface area contributed by atoms with Gasteiger partial charge in [0.15, 0.2) is 9.84 Å². The molecule has 10 heteroatoms. The fraction of sp³-hybridized carbons (Fsp3) is 0.167. The molecule has 0 aromatic heterocycles. The number of anilines is 2. The molecule has 2 amide bonds. The van der Waals surface area contributed by atoms with Crippen LogP contribution in [0, 0.1) is 5.82 Å². The van der Waals surface area contributed by atoms with E-state index in [1.165, 1.54) is 48.4 Å². The lowest BCUT2D eigenvalue weighted by atomic mass is 10.0. The summed E-state index contributed by atoms with van der Waals surface area (Å²) in [4.78, 5) is 27.0. The highest BCUT2D eigenvalue weighted by Crippen LogP contribution is 2.53. The number of ether oxygens (including phenoxy) is 1. The van der Waals surface area contributed by atoms with Gasteiger partial charge in [0.2, 0.25) is 5.91 Å². The van der Waals surface area contributed by atoms with Gasteiger partial charge >= 0.3 is 0 Å². The molecule has 1 saturated heterocycles. The fourth-order valence-corrected chi connectivity index (χ4v) is 6.88. The second-order valence-corrected chi connectivity index (χ2v) is 10.5. The zero-order valence-corrected chi connectivity index (χ0v) is 19.4. The zero-order chi connectivity index (χ0) is 24.3. The van der Waals surface area contributed by atoms with E-state index in [0.717, 1.165) is 4.90 Å². The number of halogens is 2. The summed E-state index contributed by atoms with van der Waals surface area (Å²) in [6.45, 7) is -0.302. The molecule has 1 atom stereocenters. The lowest BCUT2D eigenvalue weighted by Crippen LogP contribution is -2.54. The van der Waals surface area contributed by atoms with Gasteiger partial charge in [-0.15, -0.1) is 0 Å². The molecule has 3 aromatic carbocycles. The number of benzene rings is 3. The number of fused-ring (bicyclic) bond motifs is 2. The molecule has 0 radical (unpaired) electrons. The summed E-state index contributed by atoms with van der Waals surface area (Å²) in [5.74, 6) is -2.57. The van der Waals surface area contributed by atoms with Crippen molar-refractivity contribution >= 4 is 44.6 Å². The van der Waals surface area contributed by atoms with Crippen LogP contribution < -0.4 is 14.5 Å². The molecule has 0 unspecified atom stereocenters. The zero-order valence-electron chi connectivity index (χ0n) is 17.9. The predicted molar refractivity (Wildman–Crippen MR) is 125 cm³/mol. The minimum absolute atomic E-state index is 0.0436. The van der Waals surface area contributed by atoms with Crippen LogP contribution in [0.15, 0.2) is 66.7 Å². The largest absolute Gasteiger partial charge is 0.497 e. The number of hydrogen-bond acceptors (Lipinski definition) is 5. The molecule has 1 fully saturated rings. The molecule has 0 saturated carbocycles. The molecule has 2 aliphatic rings. The quantitative estimate of drug-likeness (QED) is 0.546. The molecule has 34 heavy (non-hydrogen) atoms. The van der Waals surface area contributed by atoms with Crippen LogP contribution in [0.5, 0.6) is 5.75 Å². The van der Waals surface area contributed by atoms with Crippen LogP contribution in [0.25, 0.3) is 0 Å². The Bertz CT molecular complexity index is 1420. The van der Waals surface area contributed by atoms with Crippen LogP contribution in [0.4, 0.5) is 15.8 Å². The lowest BCUT2D eigenvalue weighted by Gasteiger charge is -2.32. The standard InChI is InChI=1S/C24H18ClFN2O5S/c1-33-16-11-9-15(10-12-16)28-22(29)14-34(31,32)24(28)18-5-2-3-8-21(18)27(23(24)30)13-17-19(25)6-4-7-20(17)26/h2-12H,13-14H2,1H3/t24-/m1/s1. The highest BCUT2D eigenvalue weighted by atomic mass is 35.5. The molecule has 0 bridgehead atoms. The highest BCUT2D eigenvalue weighted by molar-refractivity contribution is 7.94. The van der Waals surface area contributed by atoms with Gasteiger partial charge in [0, 0.05) is 21.8 Å². The van der Waals surface area contributed by atoms with Crippen molar-refractivity contribution in [1.82, 2.24) is 0 Å². The van der Waals surface area contributed by atoms with E-state index in [1.807, 2.05) is 0 Å². The Kier molecular flexibility index (Phi) is 5.14. The smallest absolute Gasteiger partial charge is 0.274 e. The van der Waals surface area contributed by atoms with Gasteiger partial charge in [-0.2, -0.15) is 0 Å². The molecule has 2 heterocycles. The van der Waals surface area contributed by atoms with E-state index in [1.54, 1.807) is 30.3 Å². The minimum atomic E-state index is -4.33. The van der Waals surface area contributed by atoms with E-state index in [9.17, 15) is 22.4 Å². The molecule has 2 aliphatic heterocycles. The molecular weight excluding hydrogens is 483 g/mol. The van der Waals surface area contributed by atoms with Gasteiger partial charge in [0.1, 0.15) is 17.3 Å². The molecule has 0 aliphatic carbocycles. The Morgan fingerprint density at radius 1 is 1.03 bits per heavy atom. The first-order chi connectivity index (χ1) is 16.2. The molecule has 1 spiro atoms. The number of nitrogens with zero attached hydrogens (tertiary/aromatic N) is 2. The van der Waals surface area contributed by atoms with Crippen molar-refractivity contribution < 1.29 is 27.1 Å². The first kappa shape index (κ1) is 22.4. The van der Waals surface area contributed by atoms with Crippen LogP contribution in [-0.2, 0) is 30.8 Å². The van der Waals surface area contributed by atoms with Crippen molar-refractivity contribution in [3.63, 3.8) is 0 Å². The summed E-state index contributed by atoms with van der Waals surface area (Å²) in [5.41, 5.74) is 0.667.